The second-order valence-corrected chi connectivity index (χ2v) is 7.66. The van der Waals surface area contributed by atoms with Crippen LogP contribution in [0.4, 0.5) is 0 Å². The molecule has 0 N–H and O–H groups in total. The van der Waals surface area contributed by atoms with Crippen LogP contribution in [0.25, 0.3) is 10.9 Å². The van der Waals surface area contributed by atoms with E-state index in [0.717, 1.165) is 21.9 Å². The van der Waals surface area contributed by atoms with Crippen LogP contribution in [0.1, 0.15) is 18.4 Å². The minimum absolute atomic E-state index is 0.520. The highest BCUT2D eigenvalue weighted by Crippen LogP contribution is 2.39. The quantitative estimate of drug-likeness (QED) is 0.582. The van der Waals surface area contributed by atoms with Crippen LogP contribution >= 0.6 is 11.8 Å². The average Bonchev–Trinajstić information content (AvgIpc) is 3.49. The summed E-state index contributed by atoms with van der Waals surface area (Å²) in [4.78, 5) is 5.73. The molecule has 2 aromatic carbocycles. The maximum absolute atomic E-state index is 6.11. The molecule has 1 aliphatic carbocycles. The van der Waals surface area contributed by atoms with Gasteiger partial charge in [0.05, 0.1) is 19.7 Å². The van der Waals surface area contributed by atoms with E-state index < -0.39 is 0 Å². The molecule has 26 heavy (non-hydrogen) atoms. The Labute approximate surface area is 157 Å². The molecular weight excluding hydrogens is 346 g/mol. The van der Waals surface area contributed by atoms with Gasteiger partial charge in [-0.15, -0.1) is 11.8 Å². The summed E-state index contributed by atoms with van der Waals surface area (Å²) < 4.78 is 16.9. The minimum atomic E-state index is 0.520. The third-order valence-corrected chi connectivity index (χ3v) is 5.66. The molecule has 0 saturated heterocycles. The zero-order valence-electron chi connectivity index (χ0n) is 14.9. The molecule has 1 aliphatic rings. The summed E-state index contributed by atoms with van der Waals surface area (Å²) >= 11 is 1.96. The lowest BCUT2D eigenvalue weighted by Gasteiger charge is -2.13. The predicted molar refractivity (Wildman–Crippen MR) is 105 cm³/mol. The predicted octanol–water partition coefficient (Wildman–Crippen LogP) is 5.09. The van der Waals surface area contributed by atoms with Crippen molar-refractivity contribution in [2.24, 2.45) is 0 Å². The first-order valence-corrected chi connectivity index (χ1v) is 9.54. The minimum Gasteiger partial charge on any atom is -0.493 e. The number of nitrogens with zero attached hydrogens (tertiary/aromatic N) is 1. The van der Waals surface area contributed by atoms with Gasteiger partial charge in [-0.2, -0.15) is 0 Å². The average molecular weight is 367 g/mol. The number of hydrogen-bond donors (Lipinski definition) is 0. The largest absolute Gasteiger partial charge is 0.493 e. The van der Waals surface area contributed by atoms with Gasteiger partial charge in [0.15, 0.2) is 11.5 Å². The van der Waals surface area contributed by atoms with Gasteiger partial charge in [-0.05, 0) is 42.7 Å². The number of aromatic nitrogens is 1. The Bertz CT molecular complexity index is 924. The molecule has 1 aromatic heterocycles. The van der Waals surface area contributed by atoms with Crippen molar-refractivity contribution in [3.63, 3.8) is 0 Å². The number of thioether (sulfide) groups is 1. The highest BCUT2D eigenvalue weighted by atomic mass is 32.2. The lowest BCUT2D eigenvalue weighted by molar-refractivity contribution is 0.309. The maximum Gasteiger partial charge on any atom is 0.162 e. The molecule has 0 unspecified atom stereocenters. The lowest BCUT2D eigenvalue weighted by Crippen LogP contribution is -1.98. The van der Waals surface area contributed by atoms with E-state index in [1.54, 1.807) is 20.4 Å². The van der Waals surface area contributed by atoms with Gasteiger partial charge >= 0.3 is 0 Å². The highest BCUT2D eigenvalue weighted by molar-refractivity contribution is 8.00. The van der Waals surface area contributed by atoms with E-state index in [-0.39, 0.29) is 0 Å². The van der Waals surface area contributed by atoms with Crippen molar-refractivity contribution < 1.29 is 14.2 Å². The first-order chi connectivity index (χ1) is 12.8. The van der Waals surface area contributed by atoms with E-state index in [2.05, 4.69) is 29.2 Å². The molecule has 4 nitrogen and oxygen atoms in total. The normalized spacial score (nSPS) is 13.6. The molecule has 1 fully saturated rings. The van der Waals surface area contributed by atoms with Gasteiger partial charge in [-0.1, -0.05) is 12.1 Å². The number of ether oxygens (including phenoxy) is 3. The van der Waals surface area contributed by atoms with Crippen molar-refractivity contribution in [2.45, 2.75) is 29.6 Å². The number of fused-ring (bicyclic) bond motifs is 1. The Kier molecular flexibility index (Phi) is 4.89. The Morgan fingerprint density at radius 3 is 2.58 bits per heavy atom. The summed E-state index contributed by atoms with van der Waals surface area (Å²) in [6.07, 6.45) is 4.42. The fourth-order valence-corrected chi connectivity index (χ4v) is 3.95. The molecule has 3 aromatic rings. The monoisotopic (exact) mass is 367 g/mol. The molecule has 4 rings (SSSR count). The molecule has 0 aliphatic heterocycles. The second-order valence-electron chi connectivity index (χ2n) is 6.29. The summed E-state index contributed by atoms with van der Waals surface area (Å²) in [5.74, 6) is 2.12. The van der Waals surface area contributed by atoms with Crippen LogP contribution in [0.2, 0.25) is 0 Å². The molecule has 0 amide bonds. The maximum atomic E-state index is 6.11. The summed E-state index contributed by atoms with van der Waals surface area (Å²) in [6, 6.07) is 14.3. The van der Waals surface area contributed by atoms with Crippen molar-refractivity contribution in [1.29, 1.82) is 0 Å². The number of benzene rings is 2. The van der Waals surface area contributed by atoms with E-state index in [0.29, 0.717) is 18.1 Å². The van der Waals surface area contributed by atoms with Crippen LogP contribution in [0.3, 0.4) is 0 Å². The summed E-state index contributed by atoms with van der Waals surface area (Å²) in [5.41, 5.74) is 1.99. The van der Waals surface area contributed by atoms with Crippen LogP contribution in [0.5, 0.6) is 17.2 Å². The summed E-state index contributed by atoms with van der Waals surface area (Å²) in [6.45, 7) is 0.520. The van der Waals surface area contributed by atoms with Crippen molar-refractivity contribution in [3.8, 4) is 17.2 Å². The smallest absolute Gasteiger partial charge is 0.162 e. The number of hydrogen-bond acceptors (Lipinski definition) is 5. The van der Waals surface area contributed by atoms with E-state index in [1.165, 1.54) is 23.3 Å². The van der Waals surface area contributed by atoms with Crippen LogP contribution < -0.4 is 14.2 Å². The standard InChI is InChI=1S/C21H21NO3S/c1-23-20-11-17-18(12-21(20)24-2)22-9-8-19(17)25-13-14-4-3-5-16(10-14)26-15-6-7-15/h3-5,8-12,15H,6-7,13H2,1-2H3. The van der Waals surface area contributed by atoms with Crippen LogP contribution in [0, 0.1) is 0 Å². The zero-order valence-corrected chi connectivity index (χ0v) is 15.7. The first-order valence-electron chi connectivity index (χ1n) is 8.66. The Morgan fingerprint density at radius 2 is 1.81 bits per heavy atom. The third kappa shape index (κ3) is 3.73. The van der Waals surface area contributed by atoms with Crippen LogP contribution in [-0.2, 0) is 6.61 Å². The van der Waals surface area contributed by atoms with E-state index in [9.17, 15) is 0 Å². The van der Waals surface area contributed by atoms with Crippen LogP contribution in [-0.4, -0.2) is 24.5 Å². The Morgan fingerprint density at radius 1 is 1.00 bits per heavy atom. The number of pyridine rings is 1. The number of methoxy groups -OCH3 is 2. The van der Waals surface area contributed by atoms with E-state index in [4.69, 9.17) is 14.2 Å². The van der Waals surface area contributed by atoms with Gasteiger partial charge in [0.25, 0.3) is 0 Å². The van der Waals surface area contributed by atoms with Gasteiger partial charge in [-0.3, -0.25) is 4.98 Å². The molecule has 0 bridgehead atoms. The topological polar surface area (TPSA) is 40.6 Å². The second kappa shape index (κ2) is 7.46. The molecule has 1 saturated carbocycles. The molecular formula is C21H21NO3S. The lowest BCUT2D eigenvalue weighted by atomic mass is 10.1. The molecule has 0 radical (unpaired) electrons. The van der Waals surface area contributed by atoms with Crippen LogP contribution in [0.15, 0.2) is 53.6 Å². The van der Waals surface area contributed by atoms with Gasteiger partial charge in [0.1, 0.15) is 12.4 Å². The van der Waals surface area contributed by atoms with Gasteiger partial charge in [0, 0.05) is 27.8 Å². The SMILES string of the molecule is COc1cc2nccc(OCc3cccc(SC4CC4)c3)c2cc1OC. The van der Waals surface area contributed by atoms with Crippen molar-refractivity contribution in [3.05, 3.63) is 54.2 Å². The Hall–Kier alpha value is -2.40. The molecule has 5 heteroatoms. The third-order valence-electron chi connectivity index (χ3n) is 4.33. The van der Waals surface area contributed by atoms with E-state index in [1.807, 2.05) is 30.0 Å². The fraction of sp³-hybridized carbons (Fsp3) is 0.286. The zero-order chi connectivity index (χ0) is 17.9. The van der Waals surface area contributed by atoms with E-state index >= 15 is 0 Å². The van der Waals surface area contributed by atoms with Gasteiger partial charge < -0.3 is 14.2 Å². The first kappa shape index (κ1) is 17.0. The van der Waals surface area contributed by atoms with Crippen molar-refractivity contribution in [1.82, 2.24) is 4.98 Å². The molecule has 134 valence electrons. The molecule has 0 spiro atoms. The highest BCUT2D eigenvalue weighted by Gasteiger charge is 2.22. The summed E-state index contributed by atoms with van der Waals surface area (Å²) in [5, 5.41) is 1.71. The fourth-order valence-electron chi connectivity index (χ4n) is 2.82. The number of rotatable bonds is 7. The molecule has 1 heterocycles. The van der Waals surface area contributed by atoms with Crippen molar-refractivity contribution in [2.75, 3.05) is 14.2 Å². The summed E-state index contributed by atoms with van der Waals surface area (Å²) in [7, 11) is 3.25. The van der Waals surface area contributed by atoms with Crippen molar-refractivity contribution >= 4 is 22.7 Å². The van der Waals surface area contributed by atoms with Gasteiger partial charge in [-0.25, -0.2) is 0 Å². The van der Waals surface area contributed by atoms with Gasteiger partial charge in [0.2, 0.25) is 0 Å². The molecule has 0 atom stereocenters. The Balaban J connectivity index is 1.57.